The first-order chi connectivity index (χ1) is 15.7. The number of pyridine rings is 1. The number of H-pyrrole nitrogens is 1. The number of aromatic nitrogens is 1. The minimum atomic E-state index is -1.89. The van der Waals surface area contributed by atoms with Crippen molar-refractivity contribution in [1.29, 1.82) is 0 Å². The molecule has 0 saturated heterocycles. The summed E-state index contributed by atoms with van der Waals surface area (Å²) in [4.78, 5) is 26.2. The van der Waals surface area contributed by atoms with Crippen molar-refractivity contribution in [3.05, 3.63) is 70.0 Å². The number of aromatic amines is 1. The second-order valence-corrected chi connectivity index (χ2v) is 13.6. The highest BCUT2D eigenvalue weighted by Crippen LogP contribution is 2.32. The zero-order valence-corrected chi connectivity index (χ0v) is 20.7. The summed E-state index contributed by atoms with van der Waals surface area (Å²) in [7, 11) is -1.89. The Morgan fingerprint density at radius 3 is 2.48 bits per heavy atom. The molecule has 0 unspecified atom stereocenters. The van der Waals surface area contributed by atoms with Crippen LogP contribution < -0.4 is 16.2 Å². The minimum Gasteiger partial charge on any atom is -0.506 e. The zero-order chi connectivity index (χ0) is 24.0. The minimum absolute atomic E-state index is 0.0252. The Hall–Kier alpha value is -2.94. The molecule has 0 spiro atoms. The molecule has 1 amide bonds. The van der Waals surface area contributed by atoms with Gasteiger partial charge in [-0.3, -0.25) is 9.59 Å². The molecule has 0 aliphatic rings. The maximum Gasteiger partial charge on any atom is 0.248 e. The summed E-state index contributed by atoms with van der Waals surface area (Å²) < 4.78 is 6.48. The highest BCUT2D eigenvalue weighted by Gasteiger charge is 2.24. The standard InChI is InChI=1S/C25H33N3O4Si/c1-5-6-23(30)27-18-9-7-17(8-10-18)15-26-16-22(32-33(2,3)4)19-11-13-21(29)25-20(19)12-14-24(31)28-25/h7-14,22,26,29H,5-6,15-16H2,1-4H3,(H,27,30)(H,28,31)/t22-/m0/s1. The van der Waals surface area contributed by atoms with E-state index < -0.39 is 8.32 Å². The number of hydrogen-bond acceptors (Lipinski definition) is 5. The Balaban J connectivity index is 1.73. The van der Waals surface area contributed by atoms with E-state index in [0.717, 1.165) is 28.6 Å². The smallest absolute Gasteiger partial charge is 0.248 e. The van der Waals surface area contributed by atoms with Gasteiger partial charge in [0.15, 0.2) is 8.32 Å². The molecule has 1 aromatic heterocycles. The molecule has 8 heteroatoms. The van der Waals surface area contributed by atoms with Gasteiger partial charge in [-0.1, -0.05) is 25.1 Å². The molecule has 176 valence electrons. The van der Waals surface area contributed by atoms with Gasteiger partial charge in [0.1, 0.15) is 5.75 Å². The number of anilines is 1. The fraction of sp³-hybridized carbons (Fsp3) is 0.360. The maximum atomic E-state index is 11.8. The molecule has 0 saturated carbocycles. The highest BCUT2D eigenvalue weighted by molar-refractivity contribution is 6.69. The quantitative estimate of drug-likeness (QED) is 0.325. The highest BCUT2D eigenvalue weighted by atomic mass is 28.4. The number of amides is 1. The fourth-order valence-electron chi connectivity index (χ4n) is 3.69. The Labute approximate surface area is 195 Å². The molecule has 0 aliphatic carbocycles. The lowest BCUT2D eigenvalue weighted by Gasteiger charge is -2.28. The molecular formula is C25H33N3O4Si. The van der Waals surface area contributed by atoms with Crippen LogP contribution in [0.5, 0.6) is 5.75 Å². The normalized spacial score (nSPS) is 12.6. The Kier molecular flexibility index (Phi) is 8.07. The Bertz CT molecular complexity index is 1150. The van der Waals surface area contributed by atoms with Crippen LogP contribution in [-0.2, 0) is 15.8 Å². The lowest BCUT2D eigenvalue weighted by Crippen LogP contribution is -2.33. The number of carbonyl (C=O) groups excluding carboxylic acids is 1. The van der Waals surface area contributed by atoms with Crippen molar-refractivity contribution in [2.45, 2.75) is 52.1 Å². The van der Waals surface area contributed by atoms with Gasteiger partial charge in [0, 0.05) is 36.7 Å². The van der Waals surface area contributed by atoms with Crippen molar-refractivity contribution in [3.63, 3.8) is 0 Å². The fourth-order valence-corrected chi connectivity index (χ4v) is 4.75. The molecule has 7 nitrogen and oxygen atoms in total. The van der Waals surface area contributed by atoms with Gasteiger partial charge in [0.25, 0.3) is 0 Å². The SMILES string of the molecule is CCCC(=O)Nc1ccc(CNC[C@H](O[Si](C)(C)C)c2ccc(O)c3[nH]c(=O)ccc23)cc1. The third-order valence-corrected chi connectivity index (χ3v) is 6.11. The largest absolute Gasteiger partial charge is 0.506 e. The van der Waals surface area contributed by atoms with Crippen LogP contribution in [0.25, 0.3) is 10.9 Å². The average molecular weight is 468 g/mol. The van der Waals surface area contributed by atoms with Crippen molar-refractivity contribution in [2.24, 2.45) is 0 Å². The van der Waals surface area contributed by atoms with Gasteiger partial charge in [-0.2, -0.15) is 0 Å². The molecule has 0 bridgehead atoms. The van der Waals surface area contributed by atoms with E-state index in [-0.39, 0.29) is 23.3 Å². The zero-order valence-electron chi connectivity index (χ0n) is 19.7. The lowest BCUT2D eigenvalue weighted by atomic mass is 10.0. The second-order valence-electron chi connectivity index (χ2n) is 9.13. The monoisotopic (exact) mass is 467 g/mol. The summed E-state index contributed by atoms with van der Waals surface area (Å²) >= 11 is 0. The number of carbonyl (C=O) groups is 1. The summed E-state index contributed by atoms with van der Waals surface area (Å²) in [6.07, 6.45) is 1.10. The van der Waals surface area contributed by atoms with Gasteiger partial charge < -0.3 is 25.2 Å². The number of phenolic OH excluding ortho intramolecular Hbond substituents is 1. The van der Waals surface area contributed by atoms with Crippen molar-refractivity contribution < 1.29 is 14.3 Å². The summed E-state index contributed by atoms with van der Waals surface area (Å²) in [5.74, 6) is 0.0643. The molecule has 1 heterocycles. The molecule has 2 aromatic carbocycles. The van der Waals surface area contributed by atoms with Crippen LogP contribution in [0.2, 0.25) is 19.6 Å². The van der Waals surface area contributed by atoms with E-state index in [1.807, 2.05) is 37.3 Å². The third kappa shape index (κ3) is 7.02. The molecule has 3 aromatic rings. The summed E-state index contributed by atoms with van der Waals surface area (Å²) in [5.41, 5.74) is 2.97. The number of aromatic hydroxyl groups is 1. The number of nitrogens with one attached hydrogen (secondary N) is 3. The number of benzene rings is 2. The summed E-state index contributed by atoms with van der Waals surface area (Å²) in [6, 6.07) is 14.4. The van der Waals surface area contributed by atoms with Crippen LogP contribution in [0.15, 0.2) is 53.3 Å². The summed E-state index contributed by atoms with van der Waals surface area (Å²) in [6.45, 7) is 9.59. The van der Waals surface area contributed by atoms with Crippen molar-refractivity contribution in [3.8, 4) is 5.75 Å². The first-order valence-electron chi connectivity index (χ1n) is 11.3. The number of rotatable bonds is 10. The van der Waals surface area contributed by atoms with Crippen molar-refractivity contribution in [2.75, 3.05) is 11.9 Å². The van der Waals surface area contributed by atoms with E-state index >= 15 is 0 Å². The summed E-state index contributed by atoms with van der Waals surface area (Å²) in [5, 5.41) is 17.4. The first kappa shape index (κ1) is 24.7. The molecule has 0 fully saturated rings. The van der Waals surface area contributed by atoms with Crippen LogP contribution >= 0.6 is 0 Å². The number of hydrogen-bond donors (Lipinski definition) is 4. The lowest BCUT2D eigenvalue weighted by molar-refractivity contribution is -0.116. The molecule has 0 aliphatic heterocycles. The molecule has 33 heavy (non-hydrogen) atoms. The predicted molar refractivity (Wildman–Crippen MR) is 135 cm³/mol. The van der Waals surface area contributed by atoms with Crippen LogP contribution in [0, 0.1) is 0 Å². The van der Waals surface area contributed by atoms with E-state index in [1.54, 1.807) is 12.1 Å². The van der Waals surface area contributed by atoms with Gasteiger partial charge in [0.2, 0.25) is 11.5 Å². The van der Waals surface area contributed by atoms with Crippen LogP contribution in [-0.4, -0.2) is 30.9 Å². The van der Waals surface area contributed by atoms with Crippen molar-refractivity contribution >= 4 is 30.8 Å². The second kappa shape index (κ2) is 10.8. The van der Waals surface area contributed by atoms with Crippen LogP contribution in [0.3, 0.4) is 0 Å². The van der Waals surface area contributed by atoms with E-state index in [4.69, 9.17) is 4.43 Å². The molecule has 3 rings (SSSR count). The van der Waals surface area contributed by atoms with E-state index in [9.17, 15) is 14.7 Å². The van der Waals surface area contributed by atoms with Gasteiger partial charge >= 0.3 is 0 Å². The van der Waals surface area contributed by atoms with Gasteiger partial charge in [-0.05, 0) is 61.5 Å². The molecule has 4 N–H and O–H groups in total. The maximum absolute atomic E-state index is 11.8. The van der Waals surface area contributed by atoms with Crippen LogP contribution in [0.4, 0.5) is 5.69 Å². The van der Waals surface area contributed by atoms with Gasteiger partial charge in [-0.15, -0.1) is 0 Å². The Morgan fingerprint density at radius 1 is 1.09 bits per heavy atom. The number of phenols is 1. The van der Waals surface area contributed by atoms with Gasteiger partial charge in [-0.25, -0.2) is 0 Å². The molecule has 0 radical (unpaired) electrons. The van der Waals surface area contributed by atoms with E-state index in [0.29, 0.717) is 25.0 Å². The molecular weight excluding hydrogens is 434 g/mol. The third-order valence-electron chi connectivity index (χ3n) is 5.12. The molecule has 1 atom stereocenters. The van der Waals surface area contributed by atoms with Crippen LogP contribution in [0.1, 0.15) is 37.0 Å². The topological polar surface area (TPSA) is 103 Å². The Morgan fingerprint density at radius 2 is 1.82 bits per heavy atom. The van der Waals surface area contributed by atoms with Crippen molar-refractivity contribution in [1.82, 2.24) is 10.3 Å². The first-order valence-corrected chi connectivity index (χ1v) is 14.7. The predicted octanol–water partition coefficient (Wildman–Crippen LogP) is 4.65. The number of fused-ring (bicyclic) bond motifs is 1. The van der Waals surface area contributed by atoms with E-state index in [2.05, 4.69) is 35.3 Å². The van der Waals surface area contributed by atoms with Gasteiger partial charge in [0.05, 0.1) is 11.6 Å². The van der Waals surface area contributed by atoms with E-state index in [1.165, 1.54) is 6.07 Å². The average Bonchev–Trinajstić information content (AvgIpc) is 2.74.